The normalized spacial score (nSPS) is 27.0. The van der Waals surface area contributed by atoms with Gasteiger partial charge in [-0.3, -0.25) is 0 Å². The van der Waals surface area contributed by atoms with E-state index in [0.717, 1.165) is 0 Å². The molecule has 2 heteroatoms. The second kappa shape index (κ2) is 4.97. The van der Waals surface area contributed by atoms with Crippen molar-refractivity contribution in [2.75, 3.05) is 47.3 Å². The summed E-state index contributed by atoms with van der Waals surface area (Å²) in [6, 6.07) is 0. The first-order valence-electron chi connectivity index (χ1n) is 5.61. The largest absolute Gasteiger partial charge is 0.328 e. The van der Waals surface area contributed by atoms with E-state index < -0.39 is 0 Å². The van der Waals surface area contributed by atoms with Gasteiger partial charge in [-0.2, -0.15) is 0 Å². The summed E-state index contributed by atoms with van der Waals surface area (Å²) in [5.74, 6) is 0. The first-order chi connectivity index (χ1) is 6.10. The van der Waals surface area contributed by atoms with Crippen LogP contribution in [0.3, 0.4) is 0 Å². The van der Waals surface area contributed by atoms with Gasteiger partial charge in [0.05, 0.1) is 27.2 Å². The molecule has 0 saturated carbocycles. The number of quaternary nitrogens is 1. The molecule has 13 heavy (non-hydrogen) atoms. The predicted octanol–water partition coefficient (Wildman–Crippen LogP) is 1.57. The van der Waals surface area contributed by atoms with E-state index >= 15 is 0 Å². The molecule has 1 aliphatic heterocycles. The molecule has 0 spiro atoms. The fourth-order valence-corrected chi connectivity index (χ4v) is 2.07. The topological polar surface area (TPSA) is 3.24 Å². The molecule has 0 atom stereocenters. The maximum Gasteiger partial charge on any atom is 0.0782 e. The lowest BCUT2D eigenvalue weighted by molar-refractivity contribution is -0.890. The lowest BCUT2D eigenvalue weighted by Crippen LogP contribution is -2.42. The van der Waals surface area contributed by atoms with Crippen molar-refractivity contribution in [2.24, 2.45) is 0 Å². The Morgan fingerprint density at radius 1 is 0.846 bits per heavy atom. The van der Waals surface area contributed by atoms with Gasteiger partial charge < -0.3 is 9.38 Å². The van der Waals surface area contributed by atoms with Gasteiger partial charge in [-0.1, -0.05) is 0 Å². The van der Waals surface area contributed by atoms with Gasteiger partial charge in [0.2, 0.25) is 0 Å². The average molecular weight is 185 g/mol. The van der Waals surface area contributed by atoms with Crippen LogP contribution in [0, 0.1) is 0 Å². The van der Waals surface area contributed by atoms with E-state index in [4.69, 9.17) is 0 Å². The van der Waals surface area contributed by atoms with E-state index in [1.54, 1.807) is 0 Å². The highest BCUT2D eigenvalue weighted by molar-refractivity contribution is 4.55. The zero-order valence-electron chi connectivity index (χ0n) is 9.55. The number of hydrogen-bond donors (Lipinski definition) is 0. The summed E-state index contributed by atoms with van der Waals surface area (Å²) in [7, 11) is 6.98. The molecule has 0 radical (unpaired) electrons. The van der Waals surface area contributed by atoms with E-state index in [-0.39, 0.29) is 0 Å². The van der Waals surface area contributed by atoms with Crippen LogP contribution in [0.2, 0.25) is 0 Å². The summed E-state index contributed by atoms with van der Waals surface area (Å²) in [4.78, 5) is 2.48. The minimum atomic E-state index is 1.23. The highest BCUT2D eigenvalue weighted by atomic mass is 15.3. The van der Waals surface area contributed by atoms with Crippen LogP contribution in [0.1, 0.15) is 25.7 Å². The molecule has 2 nitrogen and oxygen atoms in total. The van der Waals surface area contributed by atoms with Crippen molar-refractivity contribution in [3.63, 3.8) is 0 Å². The Hall–Kier alpha value is -0.0800. The van der Waals surface area contributed by atoms with Gasteiger partial charge in [0, 0.05) is 0 Å². The Balaban J connectivity index is 2.33. The molecule has 1 rings (SSSR count). The van der Waals surface area contributed by atoms with Crippen LogP contribution < -0.4 is 0 Å². The quantitative estimate of drug-likeness (QED) is 0.518. The summed E-state index contributed by atoms with van der Waals surface area (Å²) in [5, 5.41) is 0. The Labute approximate surface area is 83.1 Å². The van der Waals surface area contributed by atoms with Crippen LogP contribution in [0.4, 0.5) is 0 Å². The van der Waals surface area contributed by atoms with Crippen molar-refractivity contribution in [2.45, 2.75) is 25.7 Å². The van der Waals surface area contributed by atoms with E-state index in [0.29, 0.717) is 0 Å². The van der Waals surface area contributed by atoms with Gasteiger partial charge in [-0.25, -0.2) is 0 Å². The van der Waals surface area contributed by atoms with E-state index in [1.165, 1.54) is 56.3 Å². The number of rotatable bonds is 0. The maximum atomic E-state index is 2.48. The molecule has 0 aliphatic carbocycles. The van der Waals surface area contributed by atoms with Gasteiger partial charge >= 0.3 is 0 Å². The molecule has 0 aromatic rings. The molecular weight excluding hydrogens is 160 g/mol. The lowest BCUT2D eigenvalue weighted by Gasteiger charge is -2.31. The average Bonchev–Trinajstić information content (AvgIpc) is 2.06. The van der Waals surface area contributed by atoms with Crippen LogP contribution in [0.25, 0.3) is 0 Å². The van der Waals surface area contributed by atoms with Gasteiger partial charge in [-0.15, -0.1) is 0 Å². The molecule has 1 saturated heterocycles. The van der Waals surface area contributed by atoms with Crippen molar-refractivity contribution in [3.8, 4) is 0 Å². The minimum absolute atomic E-state index is 1.23. The molecular formula is C11H25N2+. The standard InChI is InChI=1S/C11H25N2/c1-12-8-4-6-10-13(2,3)11-7-5-9-12/h4-11H2,1-3H3/q+1. The third kappa shape index (κ3) is 4.63. The lowest BCUT2D eigenvalue weighted by atomic mass is 10.2. The Kier molecular flexibility index (Phi) is 4.20. The summed E-state index contributed by atoms with van der Waals surface area (Å²) in [5.41, 5.74) is 0. The summed E-state index contributed by atoms with van der Waals surface area (Å²) >= 11 is 0. The zero-order valence-corrected chi connectivity index (χ0v) is 9.55. The van der Waals surface area contributed by atoms with Crippen molar-refractivity contribution in [3.05, 3.63) is 0 Å². The van der Waals surface area contributed by atoms with Gasteiger partial charge in [0.1, 0.15) is 0 Å². The number of hydrogen-bond acceptors (Lipinski definition) is 1. The van der Waals surface area contributed by atoms with Crippen LogP contribution in [0.5, 0.6) is 0 Å². The third-order valence-corrected chi connectivity index (χ3v) is 3.11. The second-order valence-electron chi connectivity index (χ2n) is 5.10. The van der Waals surface area contributed by atoms with E-state index in [1.807, 2.05) is 0 Å². The fraction of sp³-hybridized carbons (Fsp3) is 1.00. The first kappa shape index (κ1) is 11.0. The van der Waals surface area contributed by atoms with Gasteiger partial charge in [-0.05, 0) is 45.8 Å². The summed E-state index contributed by atoms with van der Waals surface area (Å²) < 4.78 is 1.23. The Morgan fingerprint density at radius 2 is 1.31 bits per heavy atom. The van der Waals surface area contributed by atoms with Crippen molar-refractivity contribution in [1.82, 2.24) is 4.90 Å². The molecule has 0 aromatic carbocycles. The molecule has 1 heterocycles. The zero-order chi connectivity index (χ0) is 9.73. The molecule has 0 bridgehead atoms. The third-order valence-electron chi connectivity index (χ3n) is 3.11. The SMILES string of the molecule is CN1CCCC[N+](C)(C)CCCC1. The second-order valence-corrected chi connectivity index (χ2v) is 5.10. The summed E-state index contributed by atoms with van der Waals surface area (Å²) in [6.45, 7) is 5.29. The molecule has 1 aliphatic rings. The monoisotopic (exact) mass is 185 g/mol. The maximum absolute atomic E-state index is 2.48. The highest BCUT2D eigenvalue weighted by Gasteiger charge is 2.15. The number of nitrogens with zero attached hydrogens (tertiary/aromatic N) is 2. The predicted molar refractivity (Wildman–Crippen MR) is 57.8 cm³/mol. The van der Waals surface area contributed by atoms with Crippen LogP contribution >= 0.6 is 0 Å². The Bertz CT molecular complexity index is 129. The van der Waals surface area contributed by atoms with Crippen LogP contribution in [-0.2, 0) is 0 Å². The minimum Gasteiger partial charge on any atom is -0.328 e. The Morgan fingerprint density at radius 3 is 1.77 bits per heavy atom. The fourth-order valence-electron chi connectivity index (χ4n) is 2.07. The molecule has 0 amide bonds. The molecule has 0 unspecified atom stereocenters. The van der Waals surface area contributed by atoms with Crippen LogP contribution in [-0.4, -0.2) is 56.7 Å². The molecule has 0 N–H and O–H groups in total. The van der Waals surface area contributed by atoms with Gasteiger partial charge in [0.25, 0.3) is 0 Å². The van der Waals surface area contributed by atoms with Crippen molar-refractivity contribution >= 4 is 0 Å². The first-order valence-corrected chi connectivity index (χ1v) is 5.61. The van der Waals surface area contributed by atoms with E-state index in [9.17, 15) is 0 Å². The van der Waals surface area contributed by atoms with Crippen LogP contribution in [0.15, 0.2) is 0 Å². The molecule has 1 fully saturated rings. The van der Waals surface area contributed by atoms with Crippen molar-refractivity contribution in [1.29, 1.82) is 0 Å². The summed E-state index contributed by atoms with van der Waals surface area (Å²) in [6.07, 6.45) is 5.52. The molecule has 0 aromatic heterocycles. The van der Waals surface area contributed by atoms with E-state index in [2.05, 4.69) is 26.0 Å². The van der Waals surface area contributed by atoms with Crippen molar-refractivity contribution < 1.29 is 4.48 Å². The van der Waals surface area contributed by atoms with Gasteiger partial charge in [0.15, 0.2) is 0 Å². The smallest absolute Gasteiger partial charge is 0.0782 e. The highest BCUT2D eigenvalue weighted by Crippen LogP contribution is 2.08. The molecule has 78 valence electrons.